The van der Waals surface area contributed by atoms with Crippen molar-refractivity contribution in [2.75, 3.05) is 5.32 Å². The van der Waals surface area contributed by atoms with Crippen LogP contribution >= 0.6 is 0 Å². The maximum Gasteiger partial charge on any atom is 0.258 e. The fourth-order valence-corrected chi connectivity index (χ4v) is 3.71. The molecule has 0 aliphatic heterocycles. The minimum Gasteiger partial charge on any atom is -0.485 e. The molecule has 2 heterocycles. The van der Waals surface area contributed by atoms with E-state index in [4.69, 9.17) is 4.74 Å². The van der Waals surface area contributed by atoms with Crippen molar-refractivity contribution in [1.82, 2.24) is 9.38 Å². The van der Waals surface area contributed by atoms with Crippen LogP contribution in [0, 0.1) is 6.92 Å². The third-order valence-corrected chi connectivity index (χ3v) is 5.39. The van der Waals surface area contributed by atoms with Gasteiger partial charge in [0.15, 0.2) is 0 Å². The number of aryl methyl sites for hydroxylation is 1. The minimum absolute atomic E-state index is 0.0903. The second-order valence-electron chi connectivity index (χ2n) is 7.62. The van der Waals surface area contributed by atoms with Crippen LogP contribution in [-0.4, -0.2) is 15.3 Å². The van der Waals surface area contributed by atoms with Gasteiger partial charge in [-0.05, 0) is 42.7 Å². The quantitative estimate of drug-likeness (QED) is 0.463. The van der Waals surface area contributed by atoms with Gasteiger partial charge in [-0.1, -0.05) is 55.5 Å². The molecule has 4 aromatic rings. The third-order valence-electron chi connectivity index (χ3n) is 5.39. The number of aromatic nitrogens is 2. The number of anilines is 1. The first-order chi connectivity index (χ1) is 15.6. The van der Waals surface area contributed by atoms with E-state index in [0.717, 1.165) is 11.1 Å². The smallest absolute Gasteiger partial charge is 0.258 e. The lowest BCUT2D eigenvalue weighted by atomic mass is 9.95. The van der Waals surface area contributed by atoms with Crippen molar-refractivity contribution < 1.29 is 9.53 Å². The van der Waals surface area contributed by atoms with Crippen LogP contribution in [0.5, 0.6) is 5.75 Å². The van der Waals surface area contributed by atoms with E-state index in [9.17, 15) is 9.59 Å². The van der Waals surface area contributed by atoms with Gasteiger partial charge in [0.05, 0.1) is 17.3 Å². The normalized spacial score (nSPS) is 11.8. The Hall–Kier alpha value is -3.93. The van der Waals surface area contributed by atoms with Crippen molar-refractivity contribution in [3.63, 3.8) is 0 Å². The molecule has 4 rings (SSSR count). The summed E-state index contributed by atoms with van der Waals surface area (Å²) in [5.74, 6) is 0.178. The summed E-state index contributed by atoms with van der Waals surface area (Å²) in [6, 6.07) is 22.2. The molecule has 0 aliphatic carbocycles. The number of rotatable bonds is 7. The molecule has 0 bridgehead atoms. The van der Waals surface area contributed by atoms with E-state index < -0.39 is 0 Å². The summed E-state index contributed by atoms with van der Waals surface area (Å²) in [4.78, 5) is 30.0. The van der Waals surface area contributed by atoms with E-state index in [-0.39, 0.29) is 24.0 Å². The molecule has 0 saturated carbocycles. The lowest BCUT2D eigenvalue weighted by molar-refractivity contribution is -0.117. The maximum atomic E-state index is 13.0. The van der Waals surface area contributed by atoms with Gasteiger partial charge in [-0.3, -0.25) is 14.0 Å². The van der Waals surface area contributed by atoms with Crippen LogP contribution in [0.1, 0.15) is 36.1 Å². The Kier molecular flexibility index (Phi) is 6.31. The SMILES string of the molecule is CC[C@@H](C(=O)Nc1ccccc1OCc1cc(=O)n2cccc(C)c2n1)c1ccccc1. The first-order valence-corrected chi connectivity index (χ1v) is 10.6. The Balaban J connectivity index is 1.53. The number of amides is 1. The van der Waals surface area contributed by atoms with Gasteiger partial charge in [-0.15, -0.1) is 0 Å². The molecule has 2 aromatic heterocycles. The Morgan fingerprint density at radius 1 is 1.06 bits per heavy atom. The summed E-state index contributed by atoms with van der Waals surface area (Å²) >= 11 is 0. The standard InChI is InChI=1S/C26H25N3O3/c1-3-21(19-11-5-4-6-12-19)26(31)28-22-13-7-8-14-23(22)32-17-20-16-24(30)29-15-9-10-18(2)25(29)27-20/h4-16,21H,3,17H2,1-2H3,(H,28,31)/t21-/m1/s1. The zero-order valence-electron chi connectivity index (χ0n) is 18.1. The minimum atomic E-state index is -0.255. The van der Waals surface area contributed by atoms with E-state index in [1.807, 2.05) is 68.4 Å². The molecule has 0 fully saturated rings. The average molecular weight is 428 g/mol. The number of hydrogen-bond donors (Lipinski definition) is 1. The van der Waals surface area contributed by atoms with Gasteiger partial charge in [-0.25, -0.2) is 4.98 Å². The number of fused-ring (bicyclic) bond motifs is 1. The Morgan fingerprint density at radius 3 is 2.59 bits per heavy atom. The molecule has 32 heavy (non-hydrogen) atoms. The van der Waals surface area contributed by atoms with Gasteiger partial charge in [0.25, 0.3) is 5.56 Å². The van der Waals surface area contributed by atoms with E-state index >= 15 is 0 Å². The number of nitrogens with zero attached hydrogens (tertiary/aromatic N) is 2. The van der Waals surface area contributed by atoms with Crippen molar-refractivity contribution in [3.05, 3.63) is 106 Å². The first kappa shape index (κ1) is 21.3. The molecule has 0 radical (unpaired) electrons. The second kappa shape index (κ2) is 9.47. The Bertz CT molecular complexity index is 1300. The highest BCUT2D eigenvalue weighted by molar-refractivity contribution is 5.97. The van der Waals surface area contributed by atoms with Crippen LogP contribution in [0.2, 0.25) is 0 Å². The van der Waals surface area contributed by atoms with Gasteiger partial charge in [0.2, 0.25) is 5.91 Å². The monoisotopic (exact) mass is 427 g/mol. The van der Waals surface area contributed by atoms with Crippen molar-refractivity contribution in [2.45, 2.75) is 32.8 Å². The number of hydrogen-bond acceptors (Lipinski definition) is 4. The highest BCUT2D eigenvalue weighted by Crippen LogP contribution is 2.27. The second-order valence-corrected chi connectivity index (χ2v) is 7.62. The topological polar surface area (TPSA) is 72.7 Å². The highest BCUT2D eigenvalue weighted by Gasteiger charge is 2.19. The largest absolute Gasteiger partial charge is 0.485 e. The average Bonchev–Trinajstić information content (AvgIpc) is 2.80. The van der Waals surface area contributed by atoms with Crippen LogP contribution in [0.4, 0.5) is 5.69 Å². The molecule has 2 aromatic carbocycles. The summed E-state index contributed by atoms with van der Waals surface area (Å²) in [5.41, 5.74) is 3.44. The van der Waals surface area contributed by atoms with Gasteiger partial charge in [0, 0.05) is 12.3 Å². The van der Waals surface area contributed by atoms with Gasteiger partial charge >= 0.3 is 0 Å². The number of ether oxygens (including phenoxy) is 1. The van der Waals surface area contributed by atoms with Crippen molar-refractivity contribution in [2.24, 2.45) is 0 Å². The number of carbonyl (C=O) groups is 1. The first-order valence-electron chi connectivity index (χ1n) is 10.6. The summed E-state index contributed by atoms with van der Waals surface area (Å²) in [6.07, 6.45) is 2.38. The summed E-state index contributed by atoms with van der Waals surface area (Å²) in [5, 5.41) is 3.00. The van der Waals surface area contributed by atoms with Crippen molar-refractivity contribution >= 4 is 17.2 Å². The molecular weight excluding hydrogens is 402 g/mol. The van der Waals surface area contributed by atoms with Crippen LogP contribution < -0.4 is 15.6 Å². The zero-order chi connectivity index (χ0) is 22.5. The number of nitrogens with one attached hydrogen (secondary N) is 1. The summed E-state index contributed by atoms with van der Waals surface area (Å²) in [7, 11) is 0. The molecule has 6 nitrogen and oxygen atoms in total. The Morgan fingerprint density at radius 2 is 1.81 bits per heavy atom. The number of pyridine rings is 1. The third kappa shape index (κ3) is 4.54. The molecule has 0 spiro atoms. The van der Waals surface area contributed by atoms with Gasteiger partial charge in [-0.2, -0.15) is 0 Å². The van der Waals surface area contributed by atoms with E-state index in [1.54, 1.807) is 18.3 Å². The molecule has 6 heteroatoms. The molecule has 1 atom stereocenters. The molecule has 1 N–H and O–H groups in total. The Labute approximate surface area is 186 Å². The molecule has 0 saturated heterocycles. The van der Waals surface area contributed by atoms with E-state index in [1.165, 1.54) is 10.5 Å². The maximum absolute atomic E-state index is 13.0. The number of para-hydroxylation sites is 2. The molecular formula is C26H25N3O3. The molecule has 162 valence electrons. The molecule has 0 unspecified atom stereocenters. The summed E-state index contributed by atoms with van der Waals surface area (Å²) < 4.78 is 7.48. The van der Waals surface area contributed by atoms with Gasteiger partial charge < -0.3 is 10.1 Å². The van der Waals surface area contributed by atoms with Crippen molar-refractivity contribution in [1.29, 1.82) is 0 Å². The molecule has 1 amide bonds. The van der Waals surface area contributed by atoms with E-state index in [2.05, 4.69) is 10.3 Å². The molecule has 0 aliphatic rings. The predicted molar refractivity (Wildman–Crippen MR) is 125 cm³/mol. The van der Waals surface area contributed by atoms with Crippen LogP contribution in [0.25, 0.3) is 5.65 Å². The predicted octanol–water partition coefficient (Wildman–Crippen LogP) is 4.71. The fourth-order valence-electron chi connectivity index (χ4n) is 3.71. The zero-order valence-corrected chi connectivity index (χ0v) is 18.1. The van der Waals surface area contributed by atoms with Crippen LogP contribution in [0.3, 0.4) is 0 Å². The summed E-state index contributed by atoms with van der Waals surface area (Å²) in [6.45, 7) is 4.02. The fraction of sp³-hybridized carbons (Fsp3) is 0.192. The van der Waals surface area contributed by atoms with Crippen LogP contribution in [0.15, 0.2) is 83.8 Å². The van der Waals surface area contributed by atoms with E-state index in [0.29, 0.717) is 29.2 Å². The lowest BCUT2D eigenvalue weighted by Crippen LogP contribution is -2.21. The lowest BCUT2D eigenvalue weighted by Gasteiger charge is -2.17. The van der Waals surface area contributed by atoms with Gasteiger partial charge in [0.1, 0.15) is 18.0 Å². The van der Waals surface area contributed by atoms with Crippen LogP contribution in [-0.2, 0) is 11.4 Å². The number of carbonyl (C=O) groups excluding carboxylic acids is 1. The van der Waals surface area contributed by atoms with Crippen molar-refractivity contribution in [3.8, 4) is 5.75 Å². The number of benzene rings is 2. The highest BCUT2D eigenvalue weighted by atomic mass is 16.5.